The SMILES string of the molecule is COc1cccc(C(=O)NCCCOc2cccc(C)c2)c1. The Labute approximate surface area is 131 Å². The number of carbonyl (C=O) groups excluding carboxylic acids is 1. The quantitative estimate of drug-likeness (QED) is 0.799. The topological polar surface area (TPSA) is 47.6 Å². The lowest BCUT2D eigenvalue weighted by atomic mass is 10.2. The third kappa shape index (κ3) is 4.81. The number of nitrogens with one attached hydrogen (secondary N) is 1. The van der Waals surface area contributed by atoms with Crippen LogP contribution in [0.5, 0.6) is 11.5 Å². The van der Waals surface area contributed by atoms with E-state index in [4.69, 9.17) is 9.47 Å². The largest absolute Gasteiger partial charge is 0.497 e. The molecule has 0 spiro atoms. The van der Waals surface area contributed by atoms with Crippen LogP contribution in [-0.2, 0) is 0 Å². The van der Waals surface area contributed by atoms with E-state index in [2.05, 4.69) is 5.32 Å². The second kappa shape index (κ2) is 8.08. The molecule has 0 aliphatic rings. The smallest absolute Gasteiger partial charge is 0.251 e. The van der Waals surface area contributed by atoms with Crippen LogP contribution in [0.25, 0.3) is 0 Å². The Morgan fingerprint density at radius 3 is 2.64 bits per heavy atom. The molecule has 0 radical (unpaired) electrons. The summed E-state index contributed by atoms with van der Waals surface area (Å²) in [5.74, 6) is 1.43. The molecule has 2 aromatic rings. The predicted molar refractivity (Wildman–Crippen MR) is 86.6 cm³/mol. The number of benzene rings is 2. The van der Waals surface area contributed by atoms with Crippen molar-refractivity contribution in [2.24, 2.45) is 0 Å². The molecule has 0 aliphatic heterocycles. The highest BCUT2D eigenvalue weighted by Crippen LogP contribution is 2.13. The van der Waals surface area contributed by atoms with E-state index in [0.717, 1.165) is 12.2 Å². The highest BCUT2D eigenvalue weighted by Gasteiger charge is 2.05. The Bertz CT molecular complexity index is 625. The number of hydrogen-bond donors (Lipinski definition) is 1. The van der Waals surface area contributed by atoms with Crippen LogP contribution >= 0.6 is 0 Å². The number of aryl methyl sites for hydroxylation is 1. The van der Waals surface area contributed by atoms with Crippen molar-refractivity contribution in [3.05, 3.63) is 59.7 Å². The second-order valence-electron chi connectivity index (χ2n) is 5.01. The fourth-order valence-corrected chi connectivity index (χ4v) is 2.04. The summed E-state index contributed by atoms with van der Waals surface area (Å²) in [5.41, 5.74) is 1.77. The summed E-state index contributed by atoms with van der Waals surface area (Å²) >= 11 is 0. The predicted octanol–water partition coefficient (Wildman–Crippen LogP) is 3.20. The molecule has 4 nitrogen and oxygen atoms in total. The zero-order valence-corrected chi connectivity index (χ0v) is 13.0. The number of carbonyl (C=O) groups is 1. The fourth-order valence-electron chi connectivity index (χ4n) is 2.04. The van der Waals surface area contributed by atoms with Gasteiger partial charge in [-0.25, -0.2) is 0 Å². The van der Waals surface area contributed by atoms with Crippen molar-refractivity contribution in [2.45, 2.75) is 13.3 Å². The molecule has 0 aromatic heterocycles. The lowest BCUT2D eigenvalue weighted by Crippen LogP contribution is -2.25. The fraction of sp³-hybridized carbons (Fsp3) is 0.278. The molecule has 4 heteroatoms. The molecule has 0 atom stereocenters. The van der Waals surface area contributed by atoms with Crippen molar-refractivity contribution < 1.29 is 14.3 Å². The molecule has 0 heterocycles. The third-order valence-corrected chi connectivity index (χ3v) is 3.20. The maximum Gasteiger partial charge on any atom is 0.251 e. The summed E-state index contributed by atoms with van der Waals surface area (Å²) in [7, 11) is 1.58. The van der Waals surface area contributed by atoms with Gasteiger partial charge in [-0.15, -0.1) is 0 Å². The van der Waals surface area contributed by atoms with Gasteiger partial charge in [-0.1, -0.05) is 18.2 Å². The van der Waals surface area contributed by atoms with Crippen molar-refractivity contribution in [3.63, 3.8) is 0 Å². The molecule has 0 saturated heterocycles. The van der Waals surface area contributed by atoms with E-state index < -0.39 is 0 Å². The van der Waals surface area contributed by atoms with Crippen molar-refractivity contribution in [2.75, 3.05) is 20.3 Å². The average Bonchev–Trinajstić information content (AvgIpc) is 2.54. The lowest BCUT2D eigenvalue weighted by molar-refractivity contribution is 0.0951. The molecule has 0 fully saturated rings. The molecule has 0 saturated carbocycles. The Morgan fingerprint density at radius 1 is 1.09 bits per heavy atom. The van der Waals surface area contributed by atoms with Gasteiger partial charge in [-0.2, -0.15) is 0 Å². The normalized spacial score (nSPS) is 10.1. The molecule has 2 aromatic carbocycles. The van der Waals surface area contributed by atoms with Gasteiger partial charge in [-0.3, -0.25) is 4.79 Å². The van der Waals surface area contributed by atoms with E-state index in [1.165, 1.54) is 5.56 Å². The monoisotopic (exact) mass is 299 g/mol. The van der Waals surface area contributed by atoms with E-state index >= 15 is 0 Å². The van der Waals surface area contributed by atoms with E-state index in [-0.39, 0.29) is 5.91 Å². The first-order chi connectivity index (χ1) is 10.7. The van der Waals surface area contributed by atoms with E-state index in [0.29, 0.717) is 24.5 Å². The van der Waals surface area contributed by atoms with Crippen LogP contribution in [0.3, 0.4) is 0 Å². The van der Waals surface area contributed by atoms with Crippen LogP contribution in [0, 0.1) is 6.92 Å². The van der Waals surface area contributed by atoms with Crippen LogP contribution in [0.15, 0.2) is 48.5 Å². The first kappa shape index (κ1) is 15.9. The van der Waals surface area contributed by atoms with Gasteiger partial charge in [0.2, 0.25) is 0 Å². The molecule has 0 aliphatic carbocycles. The van der Waals surface area contributed by atoms with E-state index in [1.807, 2.05) is 37.3 Å². The first-order valence-electron chi connectivity index (χ1n) is 7.31. The van der Waals surface area contributed by atoms with Crippen molar-refractivity contribution in [1.29, 1.82) is 0 Å². The Hall–Kier alpha value is -2.49. The minimum absolute atomic E-state index is 0.102. The second-order valence-corrected chi connectivity index (χ2v) is 5.01. The minimum Gasteiger partial charge on any atom is -0.497 e. The van der Waals surface area contributed by atoms with Gasteiger partial charge in [0.05, 0.1) is 13.7 Å². The first-order valence-corrected chi connectivity index (χ1v) is 7.31. The molecule has 0 unspecified atom stereocenters. The number of rotatable bonds is 7. The lowest BCUT2D eigenvalue weighted by Gasteiger charge is -2.08. The summed E-state index contributed by atoms with van der Waals surface area (Å²) in [6.45, 7) is 3.17. The Kier molecular flexibility index (Phi) is 5.83. The van der Waals surface area contributed by atoms with Crippen LogP contribution in [0.4, 0.5) is 0 Å². The zero-order valence-electron chi connectivity index (χ0n) is 13.0. The standard InChI is InChI=1S/C18H21NO3/c1-14-6-3-9-17(12-14)22-11-5-10-19-18(20)15-7-4-8-16(13-15)21-2/h3-4,6-9,12-13H,5,10-11H2,1-2H3,(H,19,20). The van der Waals surface area contributed by atoms with Gasteiger partial charge in [0.15, 0.2) is 0 Å². The maximum atomic E-state index is 12.0. The minimum atomic E-state index is -0.102. The molecule has 1 amide bonds. The van der Waals surface area contributed by atoms with Crippen LogP contribution in [0.1, 0.15) is 22.3 Å². The molecular formula is C18H21NO3. The summed E-state index contributed by atoms with van der Waals surface area (Å²) in [6.07, 6.45) is 0.754. The van der Waals surface area contributed by atoms with Crippen LogP contribution in [-0.4, -0.2) is 26.2 Å². The highest BCUT2D eigenvalue weighted by molar-refractivity contribution is 5.94. The van der Waals surface area contributed by atoms with Crippen molar-refractivity contribution >= 4 is 5.91 Å². The molecule has 2 rings (SSSR count). The van der Waals surface area contributed by atoms with Gasteiger partial charge in [-0.05, 0) is 49.2 Å². The van der Waals surface area contributed by atoms with Gasteiger partial charge in [0, 0.05) is 12.1 Å². The number of hydrogen-bond acceptors (Lipinski definition) is 3. The van der Waals surface area contributed by atoms with Gasteiger partial charge in [0.25, 0.3) is 5.91 Å². The Balaban J connectivity index is 1.71. The number of ether oxygens (including phenoxy) is 2. The van der Waals surface area contributed by atoms with Crippen LogP contribution in [0.2, 0.25) is 0 Å². The highest BCUT2D eigenvalue weighted by atomic mass is 16.5. The molecule has 116 valence electrons. The zero-order chi connectivity index (χ0) is 15.8. The number of methoxy groups -OCH3 is 1. The number of amides is 1. The van der Waals surface area contributed by atoms with Crippen molar-refractivity contribution in [3.8, 4) is 11.5 Å². The molecule has 1 N–H and O–H groups in total. The molecule has 0 bridgehead atoms. The van der Waals surface area contributed by atoms with Gasteiger partial charge < -0.3 is 14.8 Å². The summed E-state index contributed by atoms with van der Waals surface area (Å²) < 4.78 is 10.7. The third-order valence-electron chi connectivity index (χ3n) is 3.20. The maximum absolute atomic E-state index is 12.0. The summed E-state index contributed by atoms with van der Waals surface area (Å²) in [6, 6.07) is 15.0. The van der Waals surface area contributed by atoms with Crippen molar-refractivity contribution in [1.82, 2.24) is 5.32 Å². The van der Waals surface area contributed by atoms with Gasteiger partial charge >= 0.3 is 0 Å². The molecule has 22 heavy (non-hydrogen) atoms. The summed E-state index contributed by atoms with van der Waals surface area (Å²) in [4.78, 5) is 12.0. The van der Waals surface area contributed by atoms with E-state index in [9.17, 15) is 4.79 Å². The Morgan fingerprint density at radius 2 is 1.86 bits per heavy atom. The van der Waals surface area contributed by atoms with E-state index in [1.54, 1.807) is 25.3 Å². The summed E-state index contributed by atoms with van der Waals surface area (Å²) in [5, 5.41) is 2.87. The molecular weight excluding hydrogens is 278 g/mol. The van der Waals surface area contributed by atoms with Crippen LogP contribution < -0.4 is 14.8 Å². The van der Waals surface area contributed by atoms with Gasteiger partial charge in [0.1, 0.15) is 11.5 Å². The average molecular weight is 299 g/mol.